The predicted octanol–water partition coefficient (Wildman–Crippen LogP) is 6.00. The fourth-order valence-corrected chi connectivity index (χ4v) is 3.30. The van der Waals surface area contributed by atoms with Gasteiger partial charge in [0.05, 0.1) is 21.8 Å². The van der Waals surface area contributed by atoms with Crippen molar-refractivity contribution in [1.82, 2.24) is 19.9 Å². The van der Waals surface area contributed by atoms with Crippen molar-refractivity contribution in [3.8, 4) is 23.0 Å². The number of benzene rings is 2. The molecule has 1 amide bonds. The largest absolute Gasteiger partial charge is 0.438 e. The highest BCUT2D eigenvalue weighted by Gasteiger charge is 2.31. The Labute approximate surface area is 208 Å². The van der Waals surface area contributed by atoms with E-state index in [4.69, 9.17) is 16.3 Å². The fourth-order valence-electron chi connectivity index (χ4n) is 3.14. The summed E-state index contributed by atoms with van der Waals surface area (Å²) in [7, 11) is 1.67. The number of alkyl halides is 3. The molecule has 0 radical (unpaired) electrons. The topological polar surface area (TPSA) is 102 Å². The second kappa shape index (κ2) is 10.2. The number of nitrogens with zero attached hydrogens (tertiary/aromatic N) is 4. The Morgan fingerprint density at radius 1 is 1.06 bits per heavy atom. The quantitative estimate of drug-likeness (QED) is 0.325. The van der Waals surface area contributed by atoms with Crippen molar-refractivity contribution < 1.29 is 22.7 Å². The summed E-state index contributed by atoms with van der Waals surface area (Å²) < 4.78 is 45.2. The zero-order valence-corrected chi connectivity index (χ0v) is 19.6. The van der Waals surface area contributed by atoms with Crippen LogP contribution in [-0.4, -0.2) is 32.9 Å². The molecule has 2 heterocycles. The molecule has 0 saturated carbocycles. The zero-order valence-electron chi connectivity index (χ0n) is 18.9. The highest BCUT2D eigenvalue weighted by atomic mass is 35.5. The van der Waals surface area contributed by atoms with Gasteiger partial charge < -0.3 is 15.4 Å². The SMILES string of the molecule is CNc1ncnc(-c2cccnc2Oc2cc(C(=O)Nc3cc(C(F)(F)F)ccc3Cl)ccc2C)n1. The molecule has 12 heteroatoms. The molecule has 2 aromatic carbocycles. The molecule has 36 heavy (non-hydrogen) atoms. The van der Waals surface area contributed by atoms with Gasteiger partial charge in [-0.2, -0.15) is 18.2 Å². The van der Waals surface area contributed by atoms with Gasteiger partial charge in [-0.05, 0) is 55.0 Å². The van der Waals surface area contributed by atoms with Gasteiger partial charge in [0.15, 0.2) is 5.82 Å². The van der Waals surface area contributed by atoms with Gasteiger partial charge >= 0.3 is 6.18 Å². The van der Waals surface area contributed by atoms with Crippen LogP contribution in [-0.2, 0) is 6.18 Å². The minimum Gasteiger partial charge on any atom is -0.438 e. The molecule has 2 aromatic heterocycles. The standard InChI is InChI=1S/C24H18ClF3N6O2/c1-13-5-6-14(21(35)33-18-11-15(24(26,27)28)7-8-17(18)25)10-19(13)36-22-16(4-3-9-30-22)20-31-12-32-23(29-2)34-20/h3-12H,1-2H3,(H,33,35)(H,29,31,32,34). The number of halogens is 4. The Hall–Kier alpha value is -4.25. The molecule has 4 aromatic rings. The van der Waals surface area contributed by atoms with Crippen LogP contribution in [0.3, 0.4) is 0 Å². The number of amides is 1. The highest BCUT2D eigenvalue weighted by molar-refractivity contribution is 6.34. The Morgan fingerprint density at radius 2 is 1.86 bits per heavy atom. The molecular weight excluding hydrogens is 497 g/mol. The zero-order chi connectivity index (χ0) is 25.9. The van der Waals surface area contributed by atoms with E-state index in [1.54, 1.807) is 32.2 Å². The van der Waals surface area contributed by atoms with Crippen LogP contribution < -0.4 is 15.4 Å². The van der Waals surface area contributed by atoms with Gasteiger partial charge in [0.1, 0.15) is 12.1 Å². The first-order valence-corrected chi connectivity index (χ1v) is 10.8. The van der Waals surface area contributed by atoms with Gasteiger partial charge in [0, 0.05) is 18.8 Å². The molecule has 0 aliphatic heterocycles. The van der Waals surface area contributed by atoms with E-state index in [1.165, 1.54) is 24.7 Å². The molecule has 0 unspecified atom stereocenters. The van der Waals surface area contributed by atoms with Crippen molar-refractivity contribution >= 4 is 29.1 Å². The van der Waals surface area contributed by atoms with Gasteiger partial charge in [0.25, 0.3) is 5.91 Å². The number of nitrogens with one attached hydrogen (secondary N) is 2. The molecule has 4 rings (SSSR count). The number of carbonyl (C=O) groups excluding carboxylic acids is 1. The fraction of sp³-hybridized carbons (Fsp3) is 0.125. The third-order valence-corrected chi connectivity index (χ3v) is 5.34. The Morgan fingerprint density at radius 3 is 2.61 bits per heavy atom. The Bertz CT molecular complexity index is 1430. The summed E-state index contributed by atoms with van der Waals surface area (Å²) in [6.07, 6.45) is -1.71. The number of hydrogen-bond acceptors (Lipinski definition) is 7. The number of pyridine rings is 1. The smallest absolute Gasteiger partial charge is 0.416 e. The van der Waals surface area contributed by atoms with E-state index in [9.17, 15) is 18.0 Å². The number of aromatic nitrogens is 4. The lowest BCUT2D eigenvalue weighted by molar-refractivity contribution is -0.137. The molecule has 8 nitrogen and oxygen atoms in total. The van der Waals surface area contributed by atoms with Crippen LogP contribution in [0.1, 0.15) is 21.5 Å². The van der Waals surface area contributed by atoms with Gasteiger partial charge in [-0.1, -0.05) is 17.7 Å². The van der Waals surface area contributed by atoms with Crippen LogP contribution in [0.15, 0.2) is 61.1 Å². The normalized spacial score (nSPS) is 11.2. The number of rotatable bonds is 6. The molecule has 0 spiro atoms. The van der Waals surface area contributed by atoms with Crippen LogP contribution in [0.5, 0.6) is 11.6 Å². The van der Waals surface area contributed by atoms with E-state index < -0.39 is 17.6 Å². The first-order valence-electron chi connectivity index (χ1n) is 10.4. The van der Waals surface area contributed by atoms with Crippen LogP contribution in [0.4, 0.5) is 24.8 Å². The van der Waals surface area contributed by atoms with E-state index in [0.29, 0.717) is 28.6 Å². The maximum Gasteiger partial charge on any atom is 0.416 e. The van der Waals surface area contributed by atoms with E-state index >= 15 is 0 Å². The maximum atomic E-state index is 13.1. The minimum atomic E-state index is -4.58. The molecular formula is C24H18ClF3N6O2. The highest BCUT2D eigenvalue weighted by Crippen LogP contribution is 2.35. The summed E-state index contributed by atoms with van der Waals surface area (Å²) in [5.74, 6) is 0.507. The van der Waals surface area contributed by atoms with E-state index in [0.717, 1.165) is 18.2 Å². The monoisotopic (exact) mass is 514 g/mol. The maximum absolute atomic E-state index is 13.1. The first kappa shape index (κ1) is 24.9. The Balaban J connectivity index is 1.62. The Kier molecular flexibility index (Phi) is 7.02. The van der Waals surface area contributed by atoms with Gasteiger partial charge in [-0.3, -0.25) is 4.79 Å². The summed E-state index contributed by atoms with van der Waals surface area (Å²) in [6, 6.07) is 10.7. The second-order valence-corrected chi connectivity index (χ2v) is 7.87. The average Bonchev–Trinajstić information content (AvgIpc) is 2.86. The minimum absolute atomic E-state index is 0.0312. The lowest BCUT2D eigenvalue weighted by Gasteiger charge is -2.14. The van der Waals surface area contributed by atoms with Gasteiger partial charge in [-0.25, -0.2) is 15.0 Å². The number of hydrogen-bond donors (Lipinski definition) is 2. The van der Waals surface area contributed by atoms with E-state index in [2.05, 4.69) is 30.6 Å². The summed E-state index contributed by atoms with van der Waals surface area (Å²) >= 11 is 6.00. The van der Waals surface area contributed by atoms with Gasteiger partial charge in [-0.15, -0.1) is 0 Å². The molecule has 0 aliphatic rings. The molecule has 0 fully saturated rings. The van der Waals surface area contributed by atoms with E-state index in [1.807, 2.05) is 0 Å². The molecule has 184 valence electrons. The third kappa shape index (κ3) is 5.52. The van der Waals surface area contributed by atoms with Crippen LogP contribution >= 0.6 is 11.6 Å². The molecule has 2 N–H and O–H groups in total. The lowest BCUT2D eigenvalue weighted by Crippen LogP contribution is -2.14. The van der Waals surface area contributed by atoms with Crippen molar-refractivity contribution in [1.29, 1.82) is 0 Å². The van der Waals surface area contributed by atoms with Crippen LogP contribution in [0, 0.1) is 6.92 Å². The molecule has 0 aliphatic carbocycles. The molecule has 0 saturated heterocycles. The summed E-state index contributed by atoms with van der Waals surface area (Å²) in [5.41, 5.74) is 0.215. The van der Waals surface area contributed by atoms with Crippen molar-refractivity contribution in [3.05, 3.63) is 82.8 Å². The number of ether oxygens (including phenoxy) is 1. The average molecular weight is 515 g/mol. The second-order valence-electron chi connectivity index (χ2n) is 7.47. The molecule has 0 atom stereocenters. The molecule has 0 bridgehead atoms. The van der Waals surface area contributed by atoms with E-state index in [-0.39, 0.29) is 22.2 Å². The van der Waals surface area contributed by atoms with Crippen LogP contribution in [0.2, 0.25) is 5.02 Å². The summed E-state index contributed by atoms with van der Waals surface area (Å²) in [6.45, 7) is 1.77. The number of aryl methyl sites for hydroxylation is 1. The lowest BCUT2D eigenvalue weighted by atomic mass is 10.1. The predicted molar refractivity (Wildman–Crippen MR) is 128 cm³/mol. The van der Waals surface area contributed by atoms with Crippen molar-refractivity contribution in [2.45, 2.75) is 13.1 Å². The number of anilines is 2. The third-order valence-electron chi connectivity index (χ3n) is 5.01. The first-order chi connectivity index (χ1) is 17.2. The van der Waals surface area contributed by atoms with Crippen molar-refractivity contribution in [2.24, 2.45) is 0 Å². The van der Waals surface area contributed by atoms with Crippen molar-refractivity contribution in [3.63, 3.8) is 0 Å². The van der Waals surface area contributed by atoms with Crippen molar-refractivity contribution in [2.75, 3.05) is 17.7 Å². The number of carbonyl (C=O) groups is 1. The summed E-state index contributed by atoms with van der Waals surface area (Å²) in [5, 5.41) is 5.22. The summed E-state index contributed by atoms with van der Waals surface area (Å²) in [4.78, 5) is 29.6. The van der Waals surface area contributed by atoms with Gasteiger partial charge in [0.2, 0.25) is 11.8 Å². The van der Waals surface area contributed by atoms with Crippen LogP contribution in [0.25, 0.3) is 11.4 Å².